The van der Waals surface area contributed by atoms with E-state index >= 15 is 0 Å². The molecule has 83 heavy (non-hydrogen) atoms. The first-order valence-corrected chi connectivity index (χ1v) is 28.6. The molecule has 0 saturated carbocycles. The summed E-state index contributed by atoms with van der Waals surface area (Å²) in [7, 11) is 4.76. The van der Waals surface area contributed by atoms with Crippen LogP contribution in [0.25, 0.3) is 11.1 Å². The Morgan fingerprint density at radius 1 is 0.663 bits per heavy atom. The summed E-state index contributed by atoms with van der Waals surface area (Å²) in [4.78, 5) is 81.3. The number of amides is 5. The molecule has 0 spiro atoms. The number of benzene rings is 4. The first kappa shape index (κ1) is 60.9. The van der Waals surface area contributed by atoms with Crippen LogP contribution >= 0.6 is 0 Å². The molecule has 8 rings (SSSR count). The smallest absolute Gasteiger partial charge is 0.260 e. The molecule has 17 heteroatoms. The van der Waals surface area contributed by atoms with Gasteiger partial charge in [0.25, 0.3) is 11.8 Å². The third-order valence-electron chi connectivity index (χ3n) is 16.5. The van der Waals surface area contributed by atoms with Gasteiger partial charge < -0.3 is 49.4 Å². The van der Waals surface area contributed by atoms with Gasteiger partial charge >= 0.3 is 0 Å². The third-order valence-corrected chi connectivity index (χ3v) is 16.5. The SMILES string of the molecule is C=C(C)CC(C)(C)C(=O)NC(C(=O)NC(C)C(=O)Nc1ccc(C2=CN3C(=O)c4cc(OC)c(OCC(C)(CC)CC(C)(CC)COc5cc6c(cc5OC)C(=O)N5C=C(c7ccc(OC)cc7)CC5C=N6)cc4N=CC3C2)cc1)C(C)C. The van der Waals surface area contributed by atoms with Gasteiger partial charge in [-0.15, -0.1) is 6.58 Å². The average molecular weight is 1130 g/mol. The number of nitrogens with one attached hydrogen (secondary N) is 3. The number of rotatable bonds is 24. The monoisotopic (exact) mass is 1130 g/mol. The topological polar surface area (TPSA) is 199 Å². The van der Waals surface area contributed by atoms with Crippen LogP contribution in [0.3, 0.4) is 0 Å². The molecule has 6 unspecified atom stereocenters. The van der Waals surface area contributed by atoms with Crippen molar-refractivity contribution >= 4 is 70.2 Å². The highest BCUT2D eigenvalue weighted by atomic mass is 16.5. The standard InChI is InChI=1S/C66H81N7O10/c1-15-65(10,36-66(11,16-2)38-83-57-30-53-51(28-55(57)81-14)62(77)73-35-45(26-48(73)33-68-53)43-19-23-49(79-12)24-20-43)37-82-56-29-52-50(27-54(56)80-13)61(76)72-34-44(25-47(72)32-67-52)42-17-21-46(22-18-42)70-59(74)41(7)69-60(75)58(40(5)6)71-63(78)64(8,9)31-39(3)4/h17-24,27-30,32-35,40-41,47-48,58H,3,15-16,25-26,31,36-38H2,1-2,4-14H3,(H,69,75)(H,70,74)(H,71,78). The number of anilines is 1. The van der Waals surface area contributed by atoms with E-state index in [0.717, 1.165) is 52.9 Å². The molecule has 3 N–H and O–H groups in total. The van der Waals surface area contributed by atoms with E-state index in [4.69, 9.17) is 33.7 Å². The predicted octanol–water partition coefficient (Wildman–Crippen LogP) is 11.9. The second kappa shape index (κ2) is 25.1. The molecular weight excluding hydrogens is 1050 g/mol. The highest BCUT2D eigenvalue weighted by molar-refractivity contribution is 6.07. The number of fused-ring (bicyclic) bond motifs is 4. The van der Waals surface area contributed by atoms with Crippen LogP contribution in [0.1, 0.15) is 140 Å². The highest BCUT2D eigenvalue weighted by Gasteiger charge is 2.39. The molecule has 0 radical (unpaired) electrons. The van der Waals surface area contributed by atoms with Crippen LogP contribution in [0.2, 0.25) is 0 Å². The van der Waals surface area contributed by atoms with Crippen LogP contribution < -0.4 is 39.6 Å². The van der Waals surface area contributed by atoms with Crippen molar-refractivity contribution in [3.8, 4) is 28.7 Å². The van der Waals surface area contributed by atoms with E-state index in [2.05, 4.69) is 50.2 Å². The summed E-state index contributed by atoms with van der Waals surface area (Å²) in [6.07, 6.45) is 11.4. The number of methoxy groups -OCH3 is 3. The second-order valence-corrected chi connectivity index (χ2v) is 24.2. The lowest BCUT2D eigenvalue weighted by molar-refractivity contribution is -0.135. The summed E-state index contributed by atoms with van der Waals surface area (Å²) >= 11 is 0. The lowest BCUT2D eigenvalue weighted by Crippen LogP contribution is -2.55. The Kier molecular flexibility index (Phi) is 18.4. The van der Waals surface area contributed by atoms with Crippen molar-refractivity contribution in [3.05, 3.63) is 120 Å². The molecule has 440 valence electrons. The van der Waals surface area contributed by atoms with Crippen LogP contribution in [0.4, 0.5) is 17.1 Å². The third kappa shape index (κ3) is 13.7. The van der Waals surface area contributed by atoms with E-state index in [9.17, 15) is 24.0 Å². The predicted molar refractivity (Wildman–Crippen MR) is 325 cm³/mol. The quantitative estimate of drug-likeness (QED) is 0.0567. The molecule has 5 amide bonds. The van der Waals surface area contributed by atoms with E-state index in [1.807, 2.05) is 89.6 Å². The number of allylic oxidation sites excluding steroid dienone is 1. The van der Waals surface area contributed by atoms with Gasteiger partial charge in [-0.25, -0.2) is 0 Å². The van der Waals surface area contributed by atoms with Gasteiger partial charge in [0, 0.05) is 71.7 Å². The van der Waals surface area contributed by atoms with Crippen molar-refractivity contribution in [1.82, 2.24) is 20.4 Å². The Morgan fingerprint density at radius 2 is 1.13 bits per heavy atom. The summed E-state index contributed by atoms with van der Waals surface area (Å²) in [5, 5.41) is 8.52. The molecule has 4 aromatic rings. The van der Waals surface area contributed by atoms with Gasteiger partial charge in [0.2, 0.25) is 17.7 Å². The van der Waals surface area contributed by atoms with Crippen molar-refractivity contribution < 1.29 is 47.7 Å². The zero-order valence-corrected chi connectivity index (χ0v) is 50.4. The number of aliphatic imine (C=N–C) groups is 2. The lowest BCUT2D eigenvalue weighted by Gasteiger charge is -2.38. The number of carbonyl (C=O) groups excluding carboxylic acids is 5. The Morgan fingerprint density at radius 3 is 1.55 bits per heavy atom. The summed E-state index contributed by atoms with van der Waals surface area (Å²) in [5.41, 5.74) is 5.70. The van der Waals surface area contributed by atoms with E-state index in [1.54, 1.807) is 80.7 Å². The molecule has 0 fully saturated rings. The average Bonchev–Trinajstić information content (AvgIpc) is 4.10. The summed E-state index contributed by atoms with van der Waals surface area (Å²) in [6, 6.07) is 19.8. The molecule has 4 aliphatic heterocycles. The zero-order chi connectivity index (χ0) is 60.1. The van der Waals surface area contributed by atoms with Crippen molar-refractivity contribution in [2.24, 2.45) is 32.1 Å². The number of carbonyl (C=O) groups is 5. The Bertz CT molecular complexity index is 3270. The van der Waals surface area contributed by atoms with E-state index in [1.165, 1.54) is 0 Å². The van der Waals surface area contributed by atoms with Gasteiger partial charge in [-0.3, -0.25) is 34.0 Å². The fraction of sp³-hybridized carbons (Fsp3) is 0.439. The van der Waals surface area contributed by atoms with Gasteiger partial charge in [0.05, 0.1) is 69.1 Å². The molecule has 0 bridgehead atoms. The van der Waals surface area contributed by atoms with Crippen molar-refractivity contribution in [3.63, 3.8) is 0 Å². The lowest BCUT2D eigenvalue weighted by atomic mass is 9.71. The molecule has 0 saturated heterocycles. The maximum absolute atomic E-state index is 14.3. The first-order chi connectivity index (χ1) is 39.4. The summed E-state index contributed by atoms with van der Waals surface area (Å²) in [6.45, 7) is 24.1. The molecule has 4 aromatic carbocycles. The highest BCUT2D eigenvalue weighted by Crippen LogP contribution is 2.46. The number of nitrogens with zero attached hydrogens (tertiary/aromatic N) is 4. The fourth-order valence-corrected chi connectivity index (χ4v) is 11.1. The molecule has 17 nitrogen and oxygen atoms in total. The van der Waals surface area contributed by atoms with Crippen molar-refractivity contribution in [1.29, 1.82) is 0 Å². The maximum atomic E-state index is 14.3. The summed E-state index contributed by atoms with van der Waals surface area (Å²) < 4.78 is 30.3. The number of hydrogen-bond donors (Lipinski definition) is 3. The minimum atomic E-state index is -0.892. The van der Waals surface area contributed by atoms with E-state index in [-0.39, 0.29) is 46.6 Å². The number of hydrogen-bond acceptors (Lipinski definition) is 12. The normalized spacial score (nSPS) is 18.3. The van der Waals surface area contributed by atoms with Crippen LogP contribution in [0.15, 0.2) is 107 Å². The molecular formula is C66H81N7O10. The van der Waals surface area contributed by atoms with Crippen LogP contribution in [0.5, 0.6) is 28.7 Å². The van der Waals surface area contributed by atoms with Crippen molar-refractivity contribution in [2.45, 2.75) is 132 Å². The molecule has 4 heterocycles. The van der Waals surface area contributed by atoms with E-state index < -0.39 is 29.3 Å². The fourth-order valence-electron chi connectivity index (χ4n) is 11.1. The molecule has 0 aliphatic carbocycles. The van der Waals surface area contributed by atoms with E-state index in [0.29, 0.717) is 83.7 Å². The van der Waals surface area contributed by atoms with Gasteiger partial charge in [0.1, 0.15) is 17.8 Å². The minimum absolute atomic E-state index is 0.159. The minimum Gasteiger partial charge on any atom is -0.497 e. The first-order valence-electron chi connectivity index (χ1n) is 28.6. The van der Waals surface area contributed by atoms with Gasteiger partial charge in [-0.05, 0) is 104 Å². The van der Waals surface area contributed by atoms with Crippen LogP contribution in [-0.4, -0.2) is 110 Å². The zero-order valence-electron chi connectivity index (χ0n) is 50.4. The van der Waals surface area contributed by atoms with Gasteiger partial charge in [-0.1, -0.05) is 85.2 Å². The molecule has 0 aromatic heterocycles. The Labute approximate surface area is 488 Å². The molecule has 4 aliphatic rings. The number of ether oxygens (including phenoxy) is 5. The van der Waals surface area contributed by atoms with Crippen LogP contribution in [0, 0.1) is 22.2 Å². The van der Waals surface area contributed by atoms with Crippen molar-refractivity contribution in [2.75, 3.05) is 39.9 Å². The molecule has 6 atom stereocenters. The summed E-state index contributed by atoms with van der Waals surface area (Å²) in [5.74, 6) is 0.874. The van der Waals surface area contributed by atoms with Crippen LogP contribution in [-0.2, 0) is 14.4 Å². The Balaban J connectivity index is 0.876. The van der Waals surface area contributed by atoms with Gasteiger partial charge in [-0.2, -0.15) is 0 Å². The van der Waals surface area contributed by atoms with Gasteiger partial charge in [0.15, 0.2) is 23.0 Å². The Hall–Kier alpha value is -8.21. The second-order valence-electron chi connectivity index (χ2n) is 24.2. The largest absolute Gasteiger partial charge is 0.497 e. The maximum Gasteiger partial charge on any atom is 0.260 e.